The van der Waals surface area contributed by atoms with Crippen LogP contribution in [0.4, 0.5) is 0 Å². The molecule has 0 amide bonds. The van der Waals surface area contributed by atoms with Gasteiger partial charge in [0.15, 0.2) is 6.29 Å². The first-order valence-corrected chi connectivity index (χ1v) is 19.6. The van der Waals surface area contributed by atoms with E-state index in [1.165, 1.54) is 57.8 Å². The SMILES string of the molecule is O=C(OCCN(CCOC(=O)C12CC3CC(CC(C3)C1)C2)CCOC(O)C12CC3CC(CC(C3)C1)C2)C12CC3CC(CC(C3)C1)C2. The Morgan fingerprint density at radius 1 is 0.522 bits per heavy atom. The van der Waals surface area contributed by atoms with Gasteiger partial charge in [0.25, 0.3) is 0 Å². The van der Waals surface area contributed by atoms with Gasteiger partial charge in [-0.1, -0.05) is 0 Å². The third-order valence-electron chi connectivity index (χ3n) is 15.5. The molecule has 1 atom stereocenters. The van der Waals surface area contributed by atoms with Crippen molar-refractivity contribution in [3.8, 4) is 0 Å². The summed E-state index contributed by atoms with van der Waals surface area (Å²) >= 11 is 0. The first-order chi connectivity index (χ1) is 22.3. The quantitative estimate of drug-likeness (QED) is 0.186. The van der Waals surface area contributed by atoms with E-state index in [2.05, 4.69) is 4.90 Å². The third kappa shape index (κ3) is 5.58. The van der Waals surface area contributed by atoms with Crippen molar-refractivity contribution in [3.05, 3.63) is 0 Å². The standard InChI is InChI=1S/C39H59NO6/c41-34(37-16-25-7-26(17-37)9-27(8-25)18-37)44-4-1-40(2-5-45-35(42)38-19-28-10-29(20-38)12-30(11-28)21-38)3-6-46-36(43)39-22-31-13-32(23-39)15-33(14-31)24-39/h25-34,41H,1-24H2. The van der Waals surface area contributed by atoms with Crippen LogP contribution in [0.5, 0.6) is 0 Å². The molecule has 0 saturated heterocycles. The summed E-state index contributed by atoms with van der Waals surface area (Å²) in [7, 11) is 0. The average molecular weight is 638 g/mol. The summed E-state index contributed by atoms with van der Waals surface area (Å²) in [5.41, 5.74) is -0.531. The van der Waals surface area contributed by atoms with Crippen molar-refractivity contribution in [1.82, 2.24) is 4.90 Å². The minimum Gasteiger partial charge on any atom is -0.464 e. The molecule has 7 nitrogen and oxygen atoms in total. The Bertz CT molecular complexity index is 1010. The number of aliphatic hydroxyl groups excluding tert-OH is 1. The Morgan fingerprint density at radius 2 is 0.826 bits per heavy atom. The second kappa shape index (κ2) is 11.7. The Kier molecular flexibility index (Phi) is 7.86. The molecule has 7 heteroatoms. The van der Waals surface area contributed by atoms with Crippen LogP contribution in [-0.2, 0) is 23.8 Å². The number of carbonyl (C=O) groups excluding carboxylic acids is 2. The molecular formula is C39H59NO6. The molecule has 256 valence electrons. The zero-order valence-electron chi connectivity index (χ0n) is 28.2. The van der Waals surface area contributed by atoms with Crippen LogP contribution < -0.4 is 0 Å². The fraction of sp³-hybridized carbons (Fsp3) is 0.949. The van der Waals surface area contributed by atoms with Crippen LogP contribution >= 0.6 is 0 Å². The largest absolute Gasteiger partial charge is 0.464 e. The summed E-state index contributed by atoms with van der Waals surface area (Å²) < 4.78 is 18.4. The van der Waals surface area contributed by atoms with Gasteiger partial charge >= 0.3 is 11.9 Å². The van der Waals surface area contributed by atoms with Crippen LogP contribution in [0.3, 0.4) is 0 Å². The molecule has 1 unspecified atom stereocenters. The maximum atomic E-state index is 13.5. The molecule has 0 aromatic rings. The maximum Gasteiger partial charge on any atom is 0.312 e. The van der Waals surface area contributed by atoms with Crippen molar-refractivity contribution < 1.29 is 28.9 Å². The van der Waals surface area contributed by atoms with Gasteiger partial charge in [0.1, 0.15) is 13.2 Å². The first-order valence-electron chi connectivity index (χ1n) is 19.6. The lowest BCUT2D eigenvalue weighted by atomic mass is 9.49. The molecule has 0 aromatic carbocycles. The molecule has 12 bridgehead atoms. The molecule has 0 spiro atoms. The summed E-state index contributed by atoms with van der Waals surface area (Å²) in [6.07, 6.45) is 20.8. The zero-order chi connectivity index (χ0) is 31.1. The Hall–Kier alpha value is -1.18. The molecule has 0 radical (unpaired) electrons. The number of ether oxygens (including phenoxy) is 3. The van der Waals surface area contributed by atoms with Crippen molar-refractivity contribution in [2.75, 3.05) is 39.5 Å². The van der Waals surface area contributed by atoms with E-state index < -0.39 is 6.29 Å². The highest BCUT2D eigenvalue weighted by atomic mass is 16.6. The summed E-state index contributed by atoms with van der Waals surface area (Å²) in [5, 5.41) is 11.3. The highest BCUT2D eigenvalue weighted by molar-refractivity contribution is 5.78. The van der Waals surface area contributed by atoms with E-state index in [9.17, 15) is 14.7 Å². The Labute approximate surface area is 276 Å². The van der Waals surface area contributed by atoms with Gasteiger partial charge in [0.2, 0.25) is 0 Å². The lowest BCUT2D eigenvalue weighted by Gasteiger charge is -2.57. The second-order valence-electron chi connectivity index (χ2n) is 19.0. The van der Waals surface area contributed by atoms with Crippen molar-refractivity contribution in [2.24, 2.45) is 69.5 Å². The molecule has 0 aromatic heterocycles. The molecule has 12 fully saturated rings. The van der Waals surface area contributed by atoms with Gasteiger partial charge in [0, 0.05) is 25.0 Å². The Balaban J connectivity index is 0.799. The number of hydrogen-bond acceptors (Lipinski definition) is 7. The zero-order valence-corrected chi connectivity index (χ0v) is 28.2. The van der Waals surface area contributed by atoms with Crippen LogP contribution in [-0.4, -0.2) is 67.7 Å². The van der Waals surface area contributed by atoms with E-state index in [4.69, 9.17) is 14.2 Å². The van der Waals surface area contributed by atoms with Crippen molar-refractivity contribution in [3.63, 3.8) is 0 Å². The van der Waals surface area contributed by atoms with Crippen LogP contribution in [0.1, 0.15) is 116 Å². The van der Waals surface area contributed by atoms with Gasteiger partial charge in [-0.15, -0.1) is 0 Å². The number of rotatable bonds is 13. The molecule has 0 aliphatic heterocycles. The number of carbonyl (C=O) groups is 2. The van der Waals surface area contributed by atoms with Crippen LogP contribution in [0.25, 0.3) is 0 Å². The molecule has 46 heavy (non-hydrogen) atoms. The van der Waals surface area contributed by atoms with E-state index in [-0.39, 0.29) is 28.2 Å². The van der Waals surface area contributed by atoms with Gasteiger partial charge in [-0.2, -0.15) is 0 Å². The average Bonchev–Trinajstić information content (AvgIpc) is 2.98. The van der Waals surface area contributed by atoms with Gasteiger partial charge < -0.3 is 19.3 Å². The molecule has 0 heterocycles. The van der Waals surface area contributed by atoms with Crippen molar-refractivity contribution in [2.45, 2.75) is 122 Å². The molecule has 12 saturated carbocycles. The summed E-state index contributed by atoms with van der Waals surface area (Å²) in [4.78, 5) is 29.3. The molecule has 12 aliphatic rings. The maximum absolute atomic E-state index is 13.5. The number of nitrogens with zero attached hydrogens (tertiary/aromatic N) is 1. The van der Waals surface area contributed by atoms with Crippen LogP contribution in [0.2, 0.25) is 0 Å². The molecule has 12 aliphatic carbocycles. The molecular weight excluding hydrogens is 578 g/mol. The fourth-order valence-electron chi connectivity index (χ4n) is 14.8. The lowest BCUT2D eigenvalue weighted by Crippen LogP contribution is -2.52. The van der Waals surface area contributed by atoms with E-state index in [0.717, 1.165) is 111 Å². The highest BCUT2D eigenvalue weighted by Gasteiger charge is 2.57. The monoisotopic (exact) mass is 637 g/mol. The predicted molar refractivity (Wildman–Crippen MR) is 172 cm³/mol. The van der Waals surface area contributed by atoms with Crippen LogP contribution in [0, 0.1) is 69.5 Å². The summed E-state index contributed by atoms with van der Waals surface area (Å²) in [6.45, 7) is 3.00. The second-order valence-corrected chi connectivity index (χ2v) is 19.0. The predicted octanol–water partition coefficient (Wildman–Crippen LogP) is 6.36. The number of hydrogen-bond donors (Lipinski definition) is 1. The highest BCUT2D eigenvalue weighted by Crippen LogP contribution is 2.63. The van der Waals surface area contributed by atoms with Gasteiger partial charge in [-0.25, -0.2) is 0 Å². The smallest absolute Gasteiger partial charge is 0.312 e. The topological polar surface area (TPSA) is 85.3 Å². The first kappa shape index (κ1) is 30.8. The van der Waals surface area contributed by atoms with Gasteiger partial charge in [-0.3, -0.25) is 14.5 Å². The van der Waals surface area contributed by atoms with E-state index in [0.29, 0.717) is 39.5 Å². The Morgan fingerprint density at radius 3 is 1.17 bits per heavy atom. The normalized spacial score (nSPS) is 47.9. The third-order valence-corrected chi connectivity index (χ3v) is 15.5. The van der Waals surface area contributed by atoms with Gasteiger partial charge in [0.05, 0.1) is 17.4 Å². The minimum absolute atomic E-state index is 0.0354. The number of aliphatic hydroxyl groups is 1. The fourth-order valence-corrected chi connectivity index (χ4v) is 14.8. The van der Waals surface area contributed by atoms with Crippen LogP contribution in [0.15, 0.2) is 0 Å². The molecule has 1 N–H and O–H groups in total. The van der Waals surface area contributed by atoms with E-state index >= 15 is 0 Å². The minimum atomic E-state index is -0.703. The molecule has 12 rings (SSSR count). The number of esters is 2. The summed E-state index contributed by atoms with van der Waals surface area (Å²) in [5.74, 6) is 6.70. The van der Waals surface area contributed by atoms with E-state index in [1.807, 2.05) is 0 Å². The van der Waals surface area contributed by atoms with E-state index in [1.54, 1.807) is 0 Å². The summed E-state index contributed by atoms with van der Waals surface area (Å²) in [6, 6.07) is 0. The van der Waals surface area contributed by atoms with Crippen molar-refractivity contribution in [1.29, 1.82) is 0 Å². The van der Waals surface area contributed by atoms with Crippen molar-refractivity contribution >= 4 is 11.9 Å². The lowest BCUT2D eigenvalue weighted by molar-refractivity contribution is -0.229. The van der Waals surface area contributed by atoms with Gasteiger partial charge in [-0.05, 0) is 169 Å².